The Hall–Kier alpha value is -2.08. The van der Waals surface area contributed by atoms with Crippen molar-refractivity contribution in [2.45, 2.75) is 19.4 Å². The van der Waals surface area contributed by atoms with Crippen molar-refractivity contribution in [2.24, 2.45) is 5.92 Å². The number of hydrogen-bond donors (Lipinski definition) is 3. The maximum absolute atomic E-state index is 12.2. The van der Waals surface area contributed by atoms with Gasteiger partial charge in [-0.2, -0.15) is 0 Å². The molecule has 3 N–H and O–H groups in total. The number of hydrogen-bond acceptors (Lipinski definition) is 3. The van der Waals surface area contributed by atoms with Crippen molar-refractivity contribution in [1.82, 2.24) is 4.90 Å². The smallest absolute Gasteiger partial charge is 0.337 e. The van der Waals surface area contributed by atoms with Crippen LogP contribution in [0.3, 0.4) is 0 Å². The predicted molar refractivity (Wildman–Crippen MR) is 73.8 cm³/mol. The highest BCUT2D eigenvalue weighted by Gasteiger charge is 2.34. The van der Waals surface area contributed by atoms with Crippen LogP contribution in [0.1, 0.15) is 23.7 Å². The summed E-state index contributed by atoms with van der Waals surface area (Å²) in [4.78, 5) is 24.9. The van der Waals surface area contributed by atoms with E-state index in [2.05, 4.69) is 5.32 Å². The minimum absolute atomic E-state index is 0.0497. The summed E-state index contributed by atoms with van der Waals surface area (Å²) in [6.07, 6.45) is 0.833. The van der Waals surface area contributed by atoms with Gasteiger partial charge < -0.3 is 20.4 Å². The summed E-state index contributed by atoms with van der Waals surface area (Å²) in [5, 5.41) is 21.0. The summed E-state index contributed by atoms with van der Waals surface area (Å²) >= 11 is 0. The van der Waals surface area contributed by atoms with Gasteiger partial charge in [-0.25, -0.2) is 9.59 Å². The summed E-state index contributed by atoms with van der Waals surface area (Å²) in [5.41, 5.74) is 0.315. The van der Waals surface area contributed by atoms with Crippen LogP contribution in [0.25, 0.3) is 0 Å². The van der Waals surface area contributed by atoms with Gasteiger partial charge in [-0.05, 0) is 24.5 Å². The number of aliphatic hydroxyl groups is 1. The lowest BCUT2D eigenvalue weighted by atomic mass is 10.0. The van der Waals surface area contributed by atoms with Gasteiger partial charge in [0.05, 0.1) is 23.9 Å². The van der Waals surface area contributed by atoms with E-state index in [0.29, 0.717) is 6.54 Å². The average molecular weight is 278 g/mol. The molecule has 6 heteroatoms. The third kappa shape index (κ3) is 2.75. The third-order valence-electron chi connectivity index (χ3n) is 3.73. The first kappa shape index (κ1) is 14.3. The zero-order chi connectivity index (χ0) is 14.7. The lowest BCUT2D eigenvalue weighted by Gasteiger charge is -2.25. The zero-order valence-corrected chi connectivity index (χ0v) is 11.2. The number of para-hydroxylation sites is 1. The quantitative estimate of drug-likeness (QED) is 0.783. The van der Waals surface area contributed by atoms with Crippen molar-refractivity contribution in [1.29, 1.82) is 0 Å². The summed E-state index contributed by atoms with van der Waals surface area (Å²) in [5.74, 6) is -0.852. The fourth-order valence-electron chi connectivity index (χ4n) is 2.50. The first-order valence-electron chi connectivity index (χ1n) is 6.55. The predicted octanol–water partition coefficient (Wildman–Crippen LogP) is 1.62. The SMILES string of the molecule is CC1CCN(C(=O)Nc2ccccc2C(=O)O)C1CO. The van der Waals surface area contributed by atoms with Crippen LogP contribution in [0.4, 0.5) is 10.5 Å². The molecule has 2 atom stereocenters. The molecule has 2 amide bonds. The number of carbonyl (C=O) groups is 2. The van der Waals surface area contributed by atoms with Crippen LogP contribution in [0.2, 0.25) is 0 Å². The van der Waals surface area contributed by atoms with E-state index in [1.165, 1.54) is 6.07 Å². The molecule has 20 heavy (non-hydrogen) atoms. The highest BCUT2D eigenvalue weighted by Crippen LogP contribution is 2.25. The standard InChI is InChI=1S/C14H18N2O4/c1-9-6-7-16(12(9)8-17)14(20)15-11-5-3-2-4-10(11)13(18)19/h2-5,9,12,17H,6-8H2,1H3,(H,15,20)(H,18,19). The van der Waals surface area contributed by atoms with Crippen molar-refractivity contribution < 1.29 is 19.8 Å². The van der Waals surface area contributed by atoms with Gasteiger partial charge in [0.1, 0.15) is 0 Å². The largest absolute Gasteiger partial charge is 0.478 e. The number of carboxylic acid groups (broad SMARTS) is 1. The Kier molecular flexibility index (Phi) is 4.24. The van der Waals surface area contributed by atoms with Crippen LogP contribution in [-0.2, 0) is 0 Å². The molecule has 1 fully saturated rings. The van der Waals surface area contributed by atoms with E-state index in [1.54, 1.807) is 23.1 Å². The molecular formula is C14H18N2O4. The molecule has 1 aliphatic rings. The number of aromatic carboxylic acids is 1. The molecule has 2 rings (SSSR count). The normalized spacial score (nSPS) is 21.8. The number of anilines is 1. The summed E-state index contributed by atoms with van der Waals surface area (Å²) in [7, 11) is 0. The Morgan fingerprint density at radius 1 is 1.40 bits per heavy atom. The number of nitrogens with one attached hydrogen (secondary N) is 1. The highest BCUT2D eigenvalue weighted by atomic mass is 16.4. The van der Waals surface area contributed by atoms with Crippen molar-refractivity contribution in [3.05, 3.63) is 29.8 Å². The van der Waals surface area contributed by atoms with Gasteiger partial charge >= 0.3 is 12.0 Å². The molecule has 1 heterocycles. The molecular weight excluding hydrogens is 260 g/mol. The van der Waals surface area contributed by atoms with Gasteiger partial charge in [-0.3, -0.25) is 0 Å². The number of nitrogens with zero attached hydrogens (tertiary/aromatic N) is 1. The molecule has 108 valence electrons. The fraction of sp³-hybridized carbons (Fsp3) is 0.429. The fourth-order valence-corrected chi connectivity index (χ4v) is 2.50. The van der Waals surface area contributed by atoms with Gasteiger partial charge in [-0.1, -0.05) is 19.1 Å². The first-order chi connectivity index (χ1) is 9.54. The molecule has 0 saturated carbocycles. The summed E-state index contributed by atoms with van der Waals surface area (Å²) in [6.45, 7) is 2.46. The van der Waals surface area contributed by atoms with Crippen molar-refractivity contribution >= 4 is 17.7 Å². The van der Waals surface area contributed by atoms with Crippen molar-refractivity contribution in [3.63, 3.8) is 0 Å². The molecule has 0 spiro atoms. The number of aliphatic hydroxyl groups excluding tert-OH is 1. The van der Waals surface area contributed by atoms with Crippen molar-refractivity contribution in [3.8, 4) is 0 Å². The molecule has 0 radical (unpaired) electrons. The van der Waals surface area contributed by atoms with E-state index in [4.69, 9.17) is 5.11 Å². The molecule has 0 aromatic heterocycles. The van der Waals surface area contributed by atoms with Crippen LogP contribution in [0.15, 0.2) is 24.3 Å². The van der Waals surface area contributed by atoms with Crippen LogP contribution in [-0.4, -0.2) is 46.3 Å². The first-order valence-corrected chi connectivity index (χ1v) is 6.55. The van der Waals surface area contributed by atoms with Gasteiger partial charge in [0.15, 0.2) is 0 Å². The van der Waals surface area contributed by atoms with E-state index in [1.807, 2.05) is 6.92 Å². The van der Waals surface area contributed by atoms with Gasteiger partial charge in [0.2, 0.25) is 0 Å². The number of amides is 2. The van der Waals surface area contributed by atoms with E-state index in [-0.39, 0.29) is 35.8 Å². The second-order valence-electron chi connectivity index (χ2n) is 4.99. The highest BCUT2D eigenvalue weighted by molar-refractivity contribution is 6.00. The molecule has 6 nitrogen and oxygen atoms in total. The third-order valence-corrected chi connectivity index (χ3v) is 3.73. The van der Waals surface area contributed by atoms with Crippen molar-refractivity contribution in [2.75, 3.05) is 18.5 Å². The van der Waals surface area contributed by atoms with Crippen LogP contribution in [0, 0.1) is 5.92 Å². The summed E-state index contributed by atoms with van der Waals surface area (Å²) in [6, 6.07) is 5.67. The minimum Gasteiger partial charge on any atom is -0.478 e. The Balaban J connectivity index is 2.14. The van der Waals surface area contributed by atoms with E-state index in [0.717, 1.165) is 6.42 Å². The number of carbonyl (C=O) groups excluding carboxylic acids is 1. The van der Waals surface area contributed by atoms with Crippen LogP contribution >= 0.6 is 0 Å². The second-order valence-corrected chi connectivity index (χ2v) is 4.99. The molecule has 1 aromatic rings. The molecule has 0 aliphatic carbocycles. The van der Waals surface area contributed by atoms with Gasteiger partial charge in [0.25, 0.3) is 0 Å². The topological polar surface area (TPSA) is 89.9 Å². The van der Waals surface area contributed by atoms with Crippen LogP contribution < -0.4 is 5.32 Å². The second kappa shape index (κ2) is 5.92. The van der Waals surface area contributed by atoms with E-state index in [9.17, 15) is 14.7 Å². The Labute approximate surface area is 117 Å². The lowest BCUT2D eigenvalue weighted by molar-refractivity contribution is 0.0698. The number of rotatable bonds is 3. The molecule has 1 aromatic carbocycles. The number of likely N-dealkylation sites (tertiary alicyclic amines) is 1. The monoisotopic (exact) mass is 278 g/mol. The minimum atomic E-state index is -1.09. The number of benzene rings is 1. The lowest BCUT2D eigenvalue weighted by Crippen LogP contribution is -2.42. The Bertz CT molecular complexity index is 518. The van der Waals surface area contributed by atoms with E-state index >= 15 is 0 Å². The van der Waals surface area contributed by atoms with E-state index < -0.39 is 5.97 Å². The molecule has 1 saturated heterocycles. The summed E-state index contributed by atoms with van der Waals surface area (Å²) < 4.78 is 0. The van der Waals surface area contributed by atoms with Gasteiger partial charge in [0, 0.05) is 6.54 Å². The number of urea groups is 1. The average Bonchev–Trinajstić information content (AvgIpc) is 2.80. The Morgan fingerprint density at radius 2 is 2.10 bits per heavy atom. The molecule has 2 unspecified atom stereocenters. The molecule has 0 bridgehead atoms. The Morgan fingerprint density at radius 3 is 2.75 bits per heavy atom. The maximum atomic E-state index is 12.2. The van der Waals surface area contributed by atoms with Crippen LogP contribution in [0.5, 0.6) is 0 Å². The maximum Gasteiger partial charge on any atom is 0.337 e. The van der Waals surface area contributed by atoms with Gasteiger partial charge in [-0.15, -0.1) is 0 Å². The molecule has 1 aliphatic heterocycles. The zero-order valence-electron chi connectivity index (χ0n) is 11.2. The number of carboxylic acids is 1.